The monoisotopic (exact) mass is 213 g/mol. The first-order valence-electron chi connectivity index (χ1n) is 6.20. The molecule has 1 aliphatic heterocycles. The zero-order valence-electron chi connectivity index (χ0n) is 9.74. The van der Waals surface area contributed by atoms with Crippen LogP contribution in [0.15, 0.2) is 0 Å². The molecule has 0 radical (unpaired) electrons. The molecule has 1 aliphatic rings. The topological polar surface area (TPSA) is 40.5 Å². The van der Waals surface area contributed by atoms with Crippen molar-refractivity contribution in [1.82, 2.24) is 4.90 Å². The maximum Gasteiger partial charge on any atom is 0.222 e. The summed E-state index contributed by atoms with van der Waals surface area (Å²) in [6, 6.07) is 0.0906. The molecule has 1 fully saturated rings. The number of aliphatic hydroxyl groups is 1. The van der Waals surface area contributed by atoms with Gasteiger partial charge in [-0.25, -0.2) is 0 Å². The van der Waals surface area contributed by atoms with Crippen LogP contribution in [-0.4, -0.2) is 35.1 Å². The van der Waals surface area contributed by atoms with E-state index >= 15 is 0 Å². The summed E-state index contributed by atoms with van der Waals surface area (Å²) in [4.78, 5) is 13.7. The number of nitrogens with zero attached hydrogens (tertiary/aromatic N) is 1. The number of carbonyl (C=O) groups is 1. The first kappa shape index (κ1) is 12.5. The van der Waals surface area contributed by atoms with Crippen LogP contribution < -0.4 is 0 Å². The Labute approximate surface area is 92.5 Å². The largest absolute Gasteiger partial charge is 0.394 e. The van der Waals surface area contributed by atoms with Gasteiger partial charge in [-0.05, 0) is 25.7 Å². The van der Waals surface area contributed by atoms with Gasteiger partial charge in [0.2, 0.25) is 5.91 Å². The Kier molecular flexibility index (Phi) is 5.69. The van der Waals surface area contributed by atoms with E-state index in [9.17, 15) is 9.90 Å². The van der Waals surface area contributed by atoms with Gasteiger partial charge < -0.3 is 10.0 Å². The number of hydrogen-bond acceptors (Lipinski definition) is 2. The zero-order chi connectivity index (χ0) is 11.1. The molecule has 3 nitrogen and oxygen atoms in total. The van der Waals surface area contributed by atoms with E-state index < -0.39 is 0 Å². The van der Waals surface area contributed by atoms with Crippen molar-refractivity contribution >= 4 is 5.91 Å². The van der Waals surface area contributed by atoms with Crippen LogP contribution in [0.5, 0.6) is 0 Å². The van der Waals surface area contributed by atoms with E-state index in [4.69, 9.17) is 0 Å². The molecule has 0 spiro atoms. The van der Waals surface area contributed by atoms with E-state index in [1.165, 1.54) is 0 Å². The molecule has 88 valence electrons. The van der Waals surface area contributed by atoms with Gasteiger partial charge in [-0.2, -0.15) is 0 Å². The molecule has 0 saturated carbocycles. The van der Waals surface area contributed by atoms with Gasteiger partial charge in [-0.1, -0.05) is 19.8 Å². The van der Waals surface area contributed by atoms with E-state index in [0.29, 0.717) is 6.42 Å². The molecule has 0 aromatic rings. The summed E-state index contributed by atoms with van der Waals surface area (Å²) in [5.41, 5.74) is 0. The molecular weight excluding hydrogens is 190 g/mol. The van der Waals surface area contributed by atoms with Crippen molar-refractivity contribution < 1.29 is 9.90 Å². The van der Waals surface area contributed by atoms with Gasteiger partial charge in [0.05, 0.1) is 12.6 Å². The lowest BCUT2D eigenvalue weighted by atomic mass is 10.0. The summed E-state index contributed by atoms with van der Waals surface area (Å²) in [5.74, 6) is 0.238. The second-order valence-corrected chi connectivity index (χ2v) is 4.38. The Morgan fingerprint density at radius 2 is 2.20 bits per heavy atom. The number of aliphatic hydroxyl groups excluding tert-OH is 1. The summed E-state index contributed by atoms with van der Waals surface area (Å²) in [6.07, 6.45) is 7.13. The van der Waals surface area contributed by atoms with Gasteiger partial charge in [0.25, 0.3) is 0 Å². The summed E-state index contributed by atoms with van der Waals surface area (Å²) in [7, 11) is 0. The molecule has 0 bridgehead atoms. The summed E-state index contributed by atoms with van der Waals surface area (Å²) in [6.45, 7) is 3.11. The SMILES string of the molecule is CCCCCC(=O)N1CCCCC1CO. The maximum absolute atomic E-state index is 11.9. The van der Waals surface area contributed by atoms with E-state index in [1.54, 1.807) is 0 Å². The number of unbranched alkanes of at least 4 members (excludes halogenated alkanes) is 2. The maximum atomic E-state index is 11.9. The third-order valence-corrected chi connectivity index (χ3v) is 3.15. The van der Waals surface area contributed by atoms with Crippen molar-refractivity contribution in [2.24, 2.45) is 0 Å². The normalized spacial score (nSPS) is 21.7. The predicted molar refractivity (Wildman–Crippen MR) is 60.6 cm³/mol. The number of amides is 1. The highest BCUT2D eigenvalue weighted by molar-refractivity contribution is 5.76. The molecule has 1 amide bonds. The van der Waals surface area contributed by atoms with E-state index in [2.05, 4.69) is 6.92 Å². The lowest BCUT2D eigenvalue weighted by Crippen LogP contribution is -2.45. The van der Waals surface area contributed by atoms with Crippen LogP contribution >= 0.6 is 0 Å². The Morgan fingerprint density at radius 3 is 2.87 bits per heavy atom. The number of carbonyl (C=O) groups excluding carboxylic acids is 1. The smallest absolute Gasteiger partial charge is 0.222 e. The first-order valence-corrected chi connectivity index (χ1v) is 6.20. The second kappa shape index (κ2) is 6.83. The molecule has 15 heavy (non-hydrogen) atoms. The van der Waals surface area contributed by atoms with E-state index in [-0.39, 0.29) is 18.6 Å². The van der Waals surface area contributed by atoms with Crippen LogP contribution in [0.3, 0.4) is 0 Å². The summed E-state index contributed by atoms with van der Waals surface area (Å²) >= 11 is 0. The predicted octanol–water partition coefficient (Wildman–Crippen LogP) is 1.94. The van der Waals surface area contributed by atoms with Crippen LogP contribution in [0.25, 0.3) is 0 Å². The lowest BCUT2D eigenvalue weighted by molar-refractivity contribution is -0.136. The van der Waals surface area contributed by atoms with Gasteiger partial charge in [-0.3, -0.25) is 4.79 Å². The lowest BCUT2D eigenvalue weighted by Gasteiger charge is -2.34. The Balaban J connectivity index is 2.34. The standard InChI is InChI=1S/C12H23NO2/c1-2-3-4-8-12(15)13-9-6-5-7-11(13)10-14/h11,14H,2-10H2,1H3. The average molecular weight is 213 g/mol. The van der Waals surface area contributed by atoms with Crippen LogP contribution in [0.4, 0.5) is 0 Å². The molecule has 3 heteroatoms. The molecule has 1 heterocycles. The minimum absolute atomic E-state index is 0.0906. The number of likely N-dealkylation sites (tertiary alicyclic amines) is 1. The fourth-order valence-corrected chi connectivity index (χ4v) is 2.19. The number of piperidine rings is 1. The van der Waals surface area contributed by atoms with Crippen molar-refractivity contribution in [1.29, 1.82) is 0 Å². The highest BCUT2D eigenvalue weighted by atomic mass is 16.3. The fourth-order valence-electron chi connectivity index (χ4n) is 2.19. The molecule has 1 saturated heterocycles. The van der Waals surface area contributed by atoms with Crippen molar-refractivity contribution in [3.63, 3.8) is 0 Å². The van der Waals surface area contributed by atoms with Crippen LogP contribution in [0.2, 0.25) is 0 Å². The third kappa shape index (κ3) is 3.82. The molecule has 0 aliphatic carbocycles. The van der Waals surface area contributed by atoms with Crippen molar-refractivity contribution in [2.75, 3.05) is 13.2 Å². The Morgan fingerprint density at radius 1 is 1.40 bits per heavy atom. The van der Waals surface area contributed by atoms with Crippen LogP contribution in [0.1, 0.15) is 51.9 Å². The van der Waals surface area contributed by atoms with Crippen molar-refractivity contribution in [3.8, 4) is 0 Å². The quantitative estimate of drug-likeness (QED) is 0.709. The fraction of sp³-hybridized carbons (Fsp3) is 0.917. The highest BCUT2D eigenvalue weighted by Gasteiger charge is 2.25. The number of rotatable bonds is 5. The van der Waals surface area contributed by atoms with Crippen LogP contribution in [-0.2, 0) is 4.79 Å². The zero-order valence-corrected chi connectivity index (χ0v) is 9.74. The number of hydrogen-bond donors (Lipinski definition) is 1. The van der Waals surface area contributed by atoms with E-state index in [0.717, 1.165) is 45.1 Å². The Hall–Kier alpha value is -0.570. The minimum Gasteiger partial charge on any atom is -0.394 e. The molecule has 0 aromatic carbocycles. The highest BCUT2D eigenvalue weighted by Crippen LogP contribution is 2.18. The van der Waals surface area contributed by atoms with Crippen LogP contribution in [0, 0.1) is 0 Å². The van der Waals surface area contributed by atoms with Gasteiger partial charge in [0, 0.05) is 13.0 Å². The molecule has 1 N–H and O–H groups in total. The molecule has 0 aromatic heterocycles. The molecule has 1 unspecified atom stereocenters. The van der Waals surface area contributed by atoms with Gasteiger partial charge in [0.1, 0.15) is 0 Å². The molecule has 1 atom stereocenters. The summed E-state index contributed by atoms with van der Waals surface area (Å²) < 4.78 is 0. The minimum atomic E-state index is 0.0906. The average Bonchev–Trinajstić information content (AvgIpc) is 2.29. The van der Waals surface area contributed by atoms with Gasteiger partial charge >= 0.3 is 0 Å². The molecular formula is C12H23NO2. The first-order chi connectivity index (χ1) is 7.29. The van der Waals surface area contributed by atoms with Crippen molar-refractivity contribution in [3.05, 3.63) is 0 Å². The van der Waals surface area contributed by atoms with Crippen molar-refractivity contribution in [2.45, 2.75) is 57.9 Å². The summed E-state index contributed by atoms with van der Waals surface area (Å²) in [5, 5.41) is 9.19. The van der Waals surface area contributed by atoms with E-state index in [1.807, 2.05) is 4.90 Å². The molecule has 1 rings (SSSR count). The third-order valence-electron chi connectivity index (χ3n) is 3.15. The van der Waals surface area contributed by atoms with Gasteiger partial charge in [-0.15, -0.1) is 0 Å². The second-order valence-electron chi connectivity index (χ2n) is 4.38. The Bertz CT molecular complexity index is 194. The van der Waals surface area contributed by atoms with Gasteiger partial charge in [0.15, 0.2) is 0 Å².